The van der Waals surface area contributed by atoms with Crippen LogP contribution in [0.15, 0.2) is 48.8 Å². The third-order valence-electron chi connectivity index (χ3n) is 4.70. The number of pyridine rings is 2. The van der Waals surface area contributed by atoms with Crippen LogP contribution in [-0.4, -0.2) is 19.7 Å². The molecule has 0 saturated heterocycles. The summed E-state index contributed by atoms with van der Waals surface area (Å²) in [4.78, 5) is 8.26. The number of aryl methyl sites for hydroxylation is 1. The van der Waals surface area contributed by atoms with E-state index in [0.29, 0.717) is 16.3 Å². The average Bonchev–Trinajstić information content (AvgIpc) is 3.04. The van der Waals surface area contributed by atoms with Gasteiger partial charge in [0.05, 0.1) is 22.3 Å². The minimum Gasteiger partial charge on any atom is -0.473 e. The van der Waals surface area contributed by atoms with Crippen molar-refractivity contribution in [1.29, 1.82) is 0 Å². The lowest BCUT2D eigenvalue weighted by molar-refractivity contribution is -0.136. The number of aromatic nitrogens is 4. The van der Waals surface area contributed by atoms with Crippen LogP contribution < -0.4 is 4.74 Å². The molecule has 0 saturated carbocycles. The molecule has 30 heavy (non-hydrogen) atoms. The number of nitrogens with zero attached hydrogens (tertiary/aromatic N) is 4. The monoisotopic (exact) mass is 432 g/mol. The third-order valence-corrected chi connectivity index (χ3v) is 5.11. The van der Waals surface area contributed by atoms with Gasteiger partial charge in [0, 0.05) is 23.5 Å². The van der Waals surface area contributed by atoms with Gasteiger partial charge >= 0.3 is 6.18 Å². The van der Waals surface area contributed by atoms with E-state index in [2.05, 4.69) is 15.1 Å². The summed E-state index contributed by atoms with van der Waals surface area (Å²) in [5.74, 6) is -0.146. The lowest BCUT2D eigenvalue weighted by Gasteiger charge is -2.13. The van der Waals surface area contributed by atoms with Gasteiger partial charge in [-0.3, -0.25) is 4.98 Å². The SMILES string of the molecule is Cc1c(Cl)cccc1-n1nc(C)c2c(C(F)(F)F)cc(OCc3ccncc3)nc21. The molecule has 9 heteroatoms. The first-order valence-corrected chi connectivity index (χ1v) is 9.38. The Hall–Kier alpha value is -3.13. The van der Waals surface area contributed by atoms with E-state index in [1.807, 2.05) is 0 Å². The predicted molar refractivity (Wildman–Crippen MR) is 107 cm³/mol. The van der Waals surface area contributed by atoms with Crippen molar-refractivity contribution in [2.75, 3.05) is 0 Å². The number of rotatable bonds is 4. The lowest BCUT2D eigenvalue weighted by Crippen LogP contribution is -2.09. The average molecular weight is 433 g/mol. The van der Waals surface area contributed by atoms with E-state index in [9.17, 15) is 13.2 Å². The van der Waals surface area contributed by atoms with Crippen LogP contribution in [-0.2, 0) is 12.8 Å². The number of ether oxygens (including phenoxy) is 1. The highest BCUT2D eigenvalue weighted by molar-refractivity contribution is 6.31. The molecule has 0 aliphatic heterocycles. The number of fused-ring (bicyclic) bond motifs is 1. The highest BCUT2D eigenvalue weighted by Gasteiger charge is 2.36. The molecule has 1 aromatic carbocycles. The Balaban J connectivity index is 1.89. The van der Waals surface area contributed by atoms with Crippen LogP contribution in [0.5, 0.6) is 5.88 Å². The van der Waals surface area contributed by atoms with Gasteiger partial charge in [0.25, 0.3) is 0 Å². The maximum Gasteiger partial charge on any atom is 0.417 e. The largest absolute Gasteiger partial charge is 0.473 e. The zero-order chi connectivity index (χ0) is 21.5. The third kappa shape index (κ3) is 3.70. The van der Waals surface area contributed by atoms with Crippen LogP contribution in [0.1, 0.15) is 22.4 Å². The Kier molecular flexibility index (Phi) is 5.11. The maximum atomic E-state index is 13.8. The quantitative estimate of drug-likeness (QED) is 0.416. The van der Waals surface area contributed by atoms with Crippen molar-refractivity contribution < 1.29 is 17.9 Å². The normalized spacial score (nSPS) is 11.8. The first kappa shape index (κ1) is 20.2. The van der Waals surface area contributed by atoms with E-state index in [1.54, 1.807) is 49.6 Å². The molecule has 3 heterocycles. The molecule has 0 aliphatic carbocycles. The Labute approximate surface area is 175 Å². The number of halogens is 4. The molecule has 4 rings (SSSR count). The van der Waals surface area contributed by atoms with Gasteiger partial charge in [0.1, 0.15) is 6.61 Å². The van der Waals surface area contributed by atoms with Gasteiger partial charge in [0.2, 0.25) is 5.88 Å². The molecular weight excluding hydrogens is 417 g/mol. The van der Waals surface area contributed by atoms with Gasteiger partial charge < -0.3 is 4.74 Å². The van der Waals surface area contributed by atoms with Crippen LogP contribution in [0, 0.1) is 13.8 Å². The summed E-state index contributed by atoms with van der Waals surface area (Å²) in [5.41, 5.74) is 1.41. The molecular formula is C21H16ClF3N4O. The molecule has 4 aromatic rings. The van der Waals surface area contributed by atoms with E-state index in [0.717, 1.165) is 11.6 Å². The molecule has 0 spiro atoms. The number of benzene rings is 1. The number of hydrogen-bond acceptors (Lipinski definition) is 4. The first-order valence-electron chi connectivity index (χ1n) is 9.00. The Bertz CT molecular complexity index is 1220. The van der Waals surface area contributed by atoms with Gasteiger partial charge in [-0.2, -0.15) is 23.3 Å². The minimum absolute atomic E-state index is 0.0532. The number of hydrogen-bond donors (Lipinski definition) is 0. The maximum absolute atomic E-state index is 13.8. The van der Waals surface area contributed by atoms with Gasteiger partial charge in [-0.05, 0) is 49.2 Å². The van der Waals surface area contributed by atoms with Crippen molar-refractivity contribution in [3.63, 3.8) is 0 Å². The molecule has 0 N–H and O–H groups in total. The Morgan fingerprint density at radius 3 is 2.53 bits per heavy atom. The summed E-state index contributed by atoms with van der Waals surface area (Å²) in [6.45, 7) is 3.35. The fraction of sp³-hybridized carbons (Fsp3) is 0.190. The fourth-order valence-corrected chi connectivity index (χ4v) is 3.36. The second-order valence-electron chi connectivity index (χ2n) is 6.73. The summed E-state index contributed by atoms with van der Waals surface area (Å²) in [6.07, 6.45) is -1.44. The van der Waals surface area contributed by atoms with E-state index in [1.165, 1.54) is 11.6 Å². The summed E-state index contributed by atoms with van der Waals surface area (Å²) in [6, 6.07) is 9.48. The zero-order valence-corrected chi connectivity index (χ0v) is 16.8. The van der Waals surface area contributed by atoms with Gasteiger partial charge in [-0.25, -0.2) is 4.68 Å². The molecule has 0 fully saturated rings. The van der Waals surface area contributed by atoms with E-state index >= 15 is 0 Å². The summed E-state index contributed by atoms with van der Waals surface area (Å²) >= 11 is 6.20. The van der Waals surface area contributed by atoms with Crippen LogP contribution >= 0.6 is 11.6 Å². The minimum atomic E-state index is -4.60. The highest BCUT2D eigenvalue weighted by atomic mass is 35.5. The molecule has 0 aliphatic rings. The summed E-state index contributed by atoms with van der Waals surface area (Å²) < 4.78 is 48.5. The fourth-order valence-electron chi connectivity index (χ4n) is 3.19. The molecule has 154 valence electrons. The van der Waals surface area contributed by atoms with Gasteiger partial charge in [0.15, 0.2) is 5.65 Å². The van der Waals surface area contributed by atoms with Crippen molar-refractivity contribution >= 4 is 22.6 Å². The molecule has 0 radical (unpaired) electrons. The first-order chi connectivity index (χ1) is 14.3. The van der Waals surface area contributed by atoms with Crippen molar-refractivity contribution in [3.05, 3.63) is 76.2 Å². The Morgan fingerprint density at radius 1 is 1.10 bits per heavy atom. The van der Waals surface area contributed by atoms with Crippen LogP contribution in [0.4, 0.5) is 13.2 Å². The molecule has 5 nitrogen and oxygen atoms in total. The second kappa shape index (κ2) is 7.60. The molecule has 0 amide bonds. The van der Waals surface area contributed by atoms with Crippen LogP contribution in [0.25, 0.3) is 16.7 Å². The van der Waals surface area contributed by atoms with E-state index in [-0.39, 0.29) is 29.2 Å². The topological polar surface area (TPSA) is 52.8 Å². The summed E-state index contributed by atoms with van der Waals surface area (Å²) in [7, 11) is 0. The standard InChI is InChI=1S/C21H16ClF3N4O/c1-12-16(22)4-3-5-17(12)29-20-19(13(2)28-29)15(21(23,24)25)10-18(27-20)30-11-14-6-8-26-9-7-14/h3-10H,11H2,1-2H3. The van der Waals surface area contributed by atoms with Crippen LogP contribution in [0.3, 0.4) is 0 Å². The van der Waals surface area contributed by atoms with E-state index < -0.39 is 11.7 Å². The van der Waals surface area contributed by atoms with E-state index in [4.69, 9.17) is 16.3 Å². The van der Waals surface area contributed by atoms with Crippen molar-refractivity contribution in [2.45, 2.75) is 26.6 Å². The van der Waals surface area contributed by atoms with Gasteiger partial charge in [-0.1, -0.05) is 17.7 Å². The second-order valence-corrected chi connectivity index (χ2v) is 7.14. The molecule has 0 unspecified atom stereocenters. The zero-order valence-electron chi connectivity index (χ0n) is 16.0. The van der Waals surface area contributed by atoms with Gasteiger partial charge in [-0.15, -0.1) is 0 Å². The van der Waals surface area contributed by atoms with Crippen LogP contribution in [0.2, 0.25) is 5.02 Å². The lowest BCUT2D eigenvalue weighted by atomic mass is 10.1. The summed E-state index contributed by atoms with van der Waals surface area (Å²) in [5, 5.41) is 4.74. The number of alkyl halides is 3. The van der Waals surface area contributed by atoms with Crippen molar-refractivity contribution in [1.82, 2.24) is 19.7 Å². The van der Waals surface area contributed by atoms with Crippen molar-refractivity contribution in [2.24, 2.45) is 0 Å². The molecule has 0 atom stereocenters. The molecule has 0 bridgehead atoms. The Morgan fingerprint density at radius 2 is 1.83 bits per heavy atom. The van der Waals surface area contributed by atoms with Crippen molar-refractivity contribution in [3.8, 4) is 11.6 Å². The smallest absolute Gasteiger partial charge is 0.417 e. The highest BCUT2D eigenvalue weighted by Crippen LogP contribution is 2.39. The predicted octanol–water partition coefficient (Wildman–Crippen LogP) is 5.68. The molecule has 3 aromatic heterocycles.